The van der Waals surface area contributed by atoms with Gasteiger partial charge in [-0.05, 0) is 104 Å². The van der Waals surface area contributed by atoms with E-state index >= 15 is 0 Å². The van der Waals surface area contributed by atoms with Gasteiger partial charge < -0.3 is 9.32 Å². The van der Waals surface area contributed by atoms with E-state index in [2.05, 4.69) is 244 Å². The van der Waals surface area contributed by atoms with Gasteiger partial charge in [0.2, 0.25) is 0 Å². The van der Waals surface area contributed by atoms with E-state index < -0.39 is 5.41 Å². The molecular formula is C59H45NO. The lowest BCUT2D eigenvalue weighted by Crippen LogP contribution is -2.28. The zero-order valence-corrected chi connectivity index (χ0v) is 34.6. The van der Waals surface area contributed by atoms with Gasteiger partial charge in [-0.1, -0.05) is 197 Å². The van der Waals surface area contributed by atoms with E-state index in [1.54, 1.807) is 0 Å². The average Bonchev–Trinajstić information content (AvgIpc) is 3.84. The van der Waals surface area contributed by atoms with Crippen molar-refractivity contribution in [2.24, 2.45) is 0 Å². The molecule has 0 fully saturated rings. The van der Waals surface area contributed by atoms with Gasteiger partial charge >= 0.3 is 0 Å². The van der Waals surface area contributed by atoms with Gasteiger partial charge in [0, 0.05) is 27.7 Å². The molecule has 0 saturated heterocycles. The Morgan fingerprint density at radius 1 is 0.410 bits per heavy atom. The number of fused-ring (bicyclic) bond motifs is 6. The lowest BCUT2D eigenvalue weighted by atomic mass is 9.67. The molecule has 9 aromatic carbocycles. The number of furan rings is 1. The first-order valence-electron chi connectivity index (χ1n) is 21.3. The Kier molecular flexibility index (Phi) is 8.65. The van der Waals surface area contributed by atoms with E-state index in [1.807, 2.05) is 0 Å². The number of hydrogen-bond acceptors (Lipinski definition) is 2. The third kappa shape index (κ3) is 5.93. The van der Waals surface area contributed by atoms with Gasteiger partial charge in [-0.25, -0.2) is 0 Å². The van der Waals surface area contributed by atoms with Crippen LogP contribution in [0.25, 0.3) is 55.3 Å². The molecule has 0 unspecified atom stereocenters. The number of nitrogens with zero attached hydrogens (tertiary/aromatic N) is 1. The monoisotopic (exact) mass is 783 g/mol. The summed E-state index contributed by atoms with van der Waals surface area (Å²) in [5.74, 6) is 0. The van der Waals surface area contributed by atoms with Crippen LogP contribution in [0.15, 0.2) is 223 Å². The van der Waals surface area contributed by atoms with E-state index in [0.29, 0.717) is 0 Å². The molecule has 0 spiro atoms. The second-order valence-corrected chi connectivity index (χ2v) is 17.3. The first-order valence-corrected chi connectivity index (χ1v) is 21.3. The quantitative estimate of drug-likeness (QED) is 0.160. The Hall–Kier alpha value is -7.42. The molecule has 2 heteroatoms. The van der Waals surface area contributed by atoms with Crippen molar-refractivity contribution in [1.29, 1.82) is 0 Å². The topological polar surface area (TPSA) is 16.4 Å². The molecule has 61 heavy (non-hydrogen) atoms. The Bertz CT molecular complexity index is 3180. The van der Waals surface area contributed by atoms with Crippen LogP contribution in [0.2, 0.25) is 0 Å². The number of rotatable bonds is 7. The lowest BCUT2D eigenvalue weighted by molar-refractivity contribution is 0.590. The summed E-state index contributed by atoms with van der Waals surface area (Å²) in [5.41, 5.74) is 18.1. The largest absolute Gasteiger partial charge is 0.456 e. The average molecular weight is 784 g/mol. The highest BCUT2D eigenvalue weighted by Gasteiger charge is 2.46. The highest BCUT2D eigenvalue weighted by molar-refractivity contribution is 6.13. The van der Waals surface area contributed by atoms with Crippen LogP contribution in [0.1, 0.15) is 48.6 Å². The number of hydrogen-bond donors (Lipinski definition) is 0. The summed E-state index contributed by atoms with van der Waals surface area (Å²) in [4.78, 5) is 2.45. The van der Waals surface area contributed by atoms with Crippen LogP contribution in [0, 0.1) is 0 Å². The summed E-state index contributed by atoms with van der Waals surface area (Å²) >= 11 is 0. The molecule has 0 amide bonds. The van der Waals surface area contributed by atoms with Gasteiger partial charge in [0.05, 0.1) is 11.1 Å². The smallest absolute Gasteiger partial charge is 0.136 e. The lowest BCUT2D eigenvalue weighted by Gasteiger charge is -2.35. The highest BCUT2D eigenvalue weighted by Crippen LogP contribution is 2.57. The third-order valence-electron chi connectivity index (χ3n) is 12.7. The molecule has 2 nitrogen and oxygen atoms in total. The minimum absolute atomic E-state index is 0.0537. The summed E-state index contributed by atoms with van der Waals surface area (Å²) in [5, 5.41) is 2.20. The maximum Gasteiger partial charge on any atom is 0.136 e. The molecule has 1 heterocycles. The molecule has 292 valence electrons. The predicted octanol–water partition coefficient (Wildman–Crippen LogP) is 16.1. The molecule has 0 bridgehead atoms. The standard InChI is InChI=1S/C59H45NO/c1-58(2,3)42-34-32-41(33-35-42)47-24-12-15-30-54(47)60(46-36-37-55-51(39-46)57-48(27-17-31-56(57)61-55)40-18-6-4-7-19-40)45-23-16-22-44(38-45)59(43-20-8-5-9-21-43)52-28-13-10-25-49(52)50-26-11-14-29-53(50)59/h4-39H,1-3H3. The molecular weight excluding hydrogens is 739 g/mol. The summed E-state index contributed by atoms with van der Waals surface area (Å²) in [6.45, 7) is 6.81. The minimum Gasteiger partial charge on any atom is -0.456 e. The summed E-state index contributed by atoms with van der Waals surface area (Å²) in [6.07, 6.45) is 0. The van der Waals surface area contributed by atoms with Crippen molar-refractivity contribution in [2.45, 2.75) is 31.6 Å². The van der Waals surface area contributed by atoms with E-state index in [9.17, 15) is 0 Å². The third-order valence-corrected chi connectivity index (χ3v) is 12.7. The van der Waals surface area contributed by atoms with Crippen molar-refractivity contribution < 1.29 is 4.42 Å². The molecule has 0 aliphatic heterocycles. The van der Waals surface area contributed by atoms with Crippen molar-refractivity contribution in [3.8, 4) is 33.4 Å². The fraction of sp³-hybridized carbons (Fsp3) is 0.0847. The second-order valence-electron chi connectivity index (χ2n) is 17.3. The minimum atomic E-state index is -0.534. The molecule has 1 aromatic heterocycles. The van der Waals surface area contributed by atoms with Gasteiger partial charge in [0.1, 0.15) is 11.2 Å². The highest BCUT2D eigenvalue weighted by atomic mass is 16.3. The van der Waals surface area contributed by atoms with Gasteiger partial charge in [0.15, 0.2) is 0 Å². The molecule has 1 aliphatic rings. The van der Waals surface area contributed by atoms with Crippen molar-refractivity contribution in [1.82, 2.24) is 0 Å². The van der Waals surface area contributed by atoms with E-state index in [-0.39, 0.29) is 5.41 Å². The second kappa shape index (κ2) is 14.4. The first-order chi connectivity index (χ1) is 29.9. The van der Waals surface area contributed by atoms with Gasteiger partial charge in [-0.2, -0.15) is 0 Å². The van der Waals surface area contributed by atoms with E-state index in [4.69, 9.17) is 4.42 Å². The van der Waals surface area contributed by atoms with E-state index in [0.717, 1.165) is 55.7 Å². The number of anilines is 3. The van der Waals surface area contributed by atoms with Crippen LogP contribution in [0.5, 0.6) is 0 Å². The van der Waals surface area contributed by atoms with Crippen LogP contribution in [-0.2, 0) is 10.8 Å². The summed E-state index contributed by atoms with van der Waals surface area (Å²) in [7, 11) is 0. The van der Waals surface area contributed by atoms with Gasteiger partial charge in [-0.15, -0.1) is 0 Å². The molecule has 11 rings (SSSR count). The Morgan fingerprint density at radius 2 is 0.967 bits per heavy atom. The maximum atomic E-state index is 6.59. The Morgan fingerprint density at radius 3 is 1.67 bits per heavy atom. The SMILES string of the molecule is CC(C)(C)c1ccc(-c2ccccc2N(c2cccc(C3(c4ccccc4)c4ccccc4-c4ccccc43)c2)c2ccc3oc4cccc(-c5ccccc5)c4c3c2)cc1. The molecule has 0 radical (unpaired) electrons. The molecule has 0 saturated carbocycles. The molecule has 0 N–H and O–H groups in total. The van der Waals surface area contributed by atoms with Crippen molar-refractivity contribution in [2.75, 3.05) is 4.90 Å². The maximum absolute atomic E-state index is 6.59. The number of benzene rings is 9. The normalized spacial score (nSPS) is 13.0. The van der Waals surface area contributed by atoms with Crippen molar-refractivity contribution >= 4 is 39.0 Å². The van der Waals surface area contributed by atoms with Crippen LogP contribution in [0.4, 0.5) is 17.1 Å². The Balaban J connectivity index is 1.18. The van der Waals surface area contributed by atoms with Crippen LogP contribution < -0.4 is 4.90 Å². The zero-order valence-electron chi connectivity index (χ0n) is 34.6. The van der Waals surface area contributed by atoms with E-state index in [1.165, 1.54) is 44.5 Å². The van der Waals surface area contributed by atoms with Crippen LogP contribution >= 0.6 is 0 Å². The fourth-order valence-electron chi connectivity index (χ4n) is 9.89. The molecule has 1 aliphatic carbocycles. The zero-order chi connectivity index (χ0) is 41.1. The van der Waals surface area contributed by atoms with Crippen LogP contribution in [0.3, 0.4) is 0 Å². The van der Waals surface area contributed by atoms with Gasteiger partial charge in [0.25, 0.3) is 0 Å². The van der Waals surface area contributed by atoms with Crippen molar-refractivity contribution in [3.05, 3.63) is 246 Å². The molecule has 0 atom stereocenters. The van der Waals surface area contributed by atoms with Gasteiger partial charge in [-0.3, -0.25) is 0 Å². The first kappa shape index (κ1) is 36.6. The fourth-order valence-corrected chi connectivity index (χ4v) is 9.89. The summed E-state index contributed by atoms with van der Waals surface area (Å²) < 4.78 is 6.59. The predicted molar refractivity (Wildman–Crippen MR) is 255 cm³/mol. The van der Waals surface area contributed by atoms with Crippen molar-refractivity contribution in [3.63, 3.8) is 0 Å². The molecule has 10 aromatic rings. The van der Waals surface area contributed by atoms with Crippen LogP contribution in [-0.4, -0.2) is 0 Å². The number of para-hydroxylation sites is 1. The Labute approximate surface area is 358 Å². The summed E-state index contributed by atoms with van der Waals surface area (Å²) in [6, 6.07) is 79.9.